The van der Waals surface area contributed by atoms with E-state index in [0.29, 0.717) is 19.4 Å². The molecule has 1 aliphatic carbocycles. The van der Waals surface area contributed by atoms with Gasteiger partial charge >= 0.3 is 0 Å². The van der Waals surface area contributed by atoms with Crippen LogP contribution < -0.4 is 10.0 Å². The van der Waals surface area contributed by atoms with Crippen molar-refractivity contribution in [1.29, 1.82) is 0 Å². The Hall–Kier alpha value is -2.38. The fourth-order valence-corrected chi connectivity index (χ4v) is 4.16. The molecule has 0 unspecified atom stereocenters. The number of carbonyl (C=O) groups excluding carboxylic acids is 1. The standard InChI is InChI=1S/C21H26N2O4S/c24-19-10-3-16(4-11-19)2-1-15-22-21(25)14-7-17-5-12-20(13-6-17)28(26,27)23-18-8-9-18/h3-6,10-13,18,23-24H,1-2,7-9,14-15H2,(H,22,25). The number of rotatable bonds is 10. The minimum Gasteiger partial charge on any atom is -0.508 e. The summed E-state index contributed by atoms with van der Waals surface area (Å²) in [6, 6.07) is 13.9. The molecule has 1 saturated carbocycles. The van der Waals surface area contributed by atoms with Gasteiger partial charge in [-0.25, -0.2) is 13.1 Å². The van der Waals surface area contributed by atoms with Crippen LogP contribution in [0.4, 0.5) is 0 Å². The number of amides is 1. The summed E-state index contributed by atoms with van der Waals surface area (Å²) in [6.07, 6.45) is 4.41. The zero-order chi connectivity index (χ0) is 20.0. The lowest BCUT2D eigenvalue weighted by Gasteiger charge is -2.08. The van der Waals surface area contributed by atoms with Crippen LogP contribution >= 0.6 is 0 Å². The highest BCUT2D eigenvalue weighted by molar-refractivity contribution is 7.89. The third kappa shape index (κ3) is 6.35. The molecule has 0 atom stereocenters. The van der Waals surface area contributed by atoms with Gasteiger partial charge in [0.1, 0.15) is 5.75 Å². The van der Waals surface area contributed by atoms with E-state index in [0.717, 1.165) is 36.8 Å². The van der Waals surface area contributed by atoms with Gasteiger partial charge in [0.2, 0.25) is 15.9 Å². The molecule has 2 aromatic carbocycles. The van der Waals surface area contributed by atoms with Gasteiger partial charge in [0.15, 0.2) is 0 Å². The molecule has 0 saturated heterocycles. The van der Waals surface area contributed by atoms with Crippen molar-refractivity contribution >= 4 is 15.9 Å². The Balaban J connectivity index is 1.36. The van der Waals surface area contributed by atoms with Crippen LogP contribution in [0.25, 0.3) is 0 Å². The third-order valence-corrected chi connectivity index (χ3v) is 6.21. The van der Waals surface area contributed by atoms with E-state index in [1.807, 2.05) is 12.1 Å². The van der Waals surface area contributed by atoms with Crippen molar-refractivity contribution in [2.75, 3.05) is 6.54 Å². The van der Waals surface area contributed by atoms with Gasteiger partial charge in [-0.1, -0.05) is 24.3 Å². The van der Waals surface area contributed by atoms with Gasteiger partial charge in [-0.05, 0) is 67.5 Å². The minimum atomic E-state index is -3.43. The van der Waals surface area contributed by atoms with Gasteiger partial charge in [0.25, 0.3) is 0 Å². The van der Waals surface area contributed by atoms with E-state index in [2.05, 4.69) is 10.0 Å². The minimum absolute atomic E-state index is 0.0159. The van der Waals surface area contributed by atoms with Crippen molar-refractivity contribution in [3.8, 4) is 5.75 Å². The number of aromatic hydroxyl groups is 1. The summed E-state index contributed by atoms with van der Waals surface area (Å²) < 4.78 is 26.9. The van der Waals surface area contributed by atoms with Crippen LogP contribution in [0, 0.1) is 0 Å². The Labute approximate surface area is 166 Å². The monoisotopic (exact) mass is 402 g/mol. The van der Waals surface area contributed by atoms with Crippen LogP contribution in [0.2, 0.25) is 0 Å². The quantitative estimate of drug-likeness (QED) is 0.532. The zero-order valence-electron chi connectivity index (χ0n) is 15.7. The highest BCUT2D eigenvalue weighted by Crippen LogP contribution is 2.22. The molecule has 0 aliphatic heterocycles. The molecule has 0 spiro atoms. The fraction of sp³-hybridized carbons (Fsp3) is 0.381. The SMILES string of the molecule is O=C(CCc1ccc(S(=O)(=O)NC2CC2)cc1)NCCCc1ccc(O)cc1. The molecule has 150 valence electrons. The van der Waals surface area contributed by atoms with Crippen molar-refractivity contribution in [1.82, 2.24) is 10.0 Å². The van der Waals surface area contributed by atoms with Gasteiger partial charge in [0, 0.05) is 19.0 Å². The van der Waals surface area contributed by atoms with E-state index in [-0.39, 0.29) is 22.6 Å². The number of aryl methyl sites for hydroxylation is 2. The first-order chi connectivity index (χ1) is 13.4. The molecule has 7 heteroatoms. The largest absolute Gasteiger partial charge is 0.508 e. The van der Waals surface area contributed by atoms with Crippen LogP contribution in [0.1, 0.15) is 36.8 Å². The second-order valence-electron chi connectivity index (χ2n) is 7.16. The number of hydrogen-bond acceptors (Lipinski definition) is 4. The number of phenolic OH excluding ortho intramolecular Hbond substituents is 1. The van der Waals surface area contributed by atoms with Gasteiger partial charge < -0.3 is 10.4 Å². The van der Waals surface area contributed by atoms with Crippen LogP contribution in [0.5, 0.6) is 5.75 Å². The smallest absolute Gasteiger partial charge is 0.240 e. The van der Waals surface area contributed by atoms with Crippen molar-refractivity contribution in [3.63, 3.8) is 0 Å². The number of carbonyl (C=O) groups is 1. The Morgan fingerprint density at radius 2 is 1.57 bits per heavy atom. The van der Waals surface area contributed by atoms with Crippen LogP contribution in [-0.4, -0.2) is 32.0 Å². The first-order valence-corrected chi connectivity index (χ1v) is 11.1. The number of nitrogens with one attached hydrogen (secondary N) is 2. The molecule has 0 bridgehead atoms. The summed E-state index contributed by atoms with van der Waals surface area (Å²) >= 11 is 0. The summed E-state index contributed by atoms with van der Waals surface area (Å²) in [4.78, 5) is 12.2. The molecule has 1 amide bonds. The molecule has 0 radical (unpaired) electrons. The fourth-order valence-electron chi connectivity index (χ4n) is 2.85. The lowest BCUT2D eigenvalue weighted by Crippen LogP contribution is -2.25. The van der Waals surface area contributed by atoms with Crippen LogP contribution in [0.15, 0.2) is 53.4 Å². The maximum absolute atomic E-state index is 12.1. The van der Waals surface area contributed by atoms with Crippen molar-refractivity contribution < 1.29 is 18.3 Å². The number of phenols is 1. The van der Waals surface area contributed by atoms with E-state index in [1.54, 1.807) is 36.4 Å². The van der Waals surface area contributed by atoms with Crippen molar-refractivity contribution in [2.24, 2.45) is 0 Å². The average Bonchev–Trinajstić information content (AvgIpc) is 3.48. The van der Waals surface area contributed by atoms with Crippen LogP contribution in [0.3, 0.4) is 0 Å². The molecule has 6 nitrogen and oxygen atoms in total. The second kappa shape index (κ2) is 9.21. The molecule has 1 aliphatic rings. The number of benzene rings is 2. The molecule has 28 heavy (non-hydrogen) atoms. The first-order valence-electron chi connectivity index (χ1n) is 9.58. The number of hydrogen-bond donors (Lipinski definition) is 3. The summed E-state index contributed by atoms with van der Waals surface area (Å²) in [5.41, 5.74) is 2.06. The van der Waals surface area contributed by atoms with E-state index >= 15 is 0 Å². The van der Waals surface area contributed by atoms with E-state index in [9.17, 15) is 18.3 Å². The lowest BCUT2D eigenvalue weighted by atomic mass is 10.1. The molecule has 0 heterocycles. The van der Waals surface area contributed by atoms with Crippen molar-refractivity contribution in [3.05, 3.63) is 59.7 Å². The van der Waals surface area contributed by atoms with Crippen LogP contribution in [-0.2, 0) is 27.7 Å². The Bertz CT molecular complexity index is 889. The van der Waals surface area contributed by atoms with Gasteiger partial charge in [-0.15, -0.1) is 0 Å². The van der Waals surface area contributed by atoms with E-state index < -0.39 is 10.0 Å². The first kappa shape index (κ1) is 20.4. The Morgan fingerprint density at radius 1 is 0.964 bits per heavy atom. The summed E-state index contributed by atoms with van der Waals surface area (Å²) in [7, 11) is -3.43. The highest BCUT2D eigenvalue weighted by Gasteiger charge is 2.27. The van der Waals surface area contributed by atoms with E-state index in [1.165, 1.54) is 0 Å². The summed E-state index contributed by atoms with van der Waals surface area (Å²) in [5.74, 6) is 0.236. The zero-order valence-corrected chi connectivity index (χ0v) is 16.5. The maximum Gasteiger partial charge on any atom is 0.240 e. The summed E-state index contributed by atoms with van der Waals surface area (Å²) in [6.45, 7) is 0.601. The number of sulfonamides is 1. The Kier molecular flexibility index (Phi) is 6.70. The summed E-state index contributed by atoms with van der Waals surface area (Å²) in [5, 5.41) is 12.2. The molecule has 3 rings (SSSR count). The molecule has 3 N–H and O–H groups in total. The van der Waals surface area contributed by atoms with E-state index in [4.69, 9.17) is 0 Å². The molecular weight excluding hydrogens is 376 g/mol. The highest BCUT2D eigenvalue weighted by atomic mass is 32.2. The molecule has 2 aromatic rings. The second-order valence-corrected chi connectivity index (χ2v) is 8.87. The topological polar surface area (TPSA) is 95.5 Å². The predicted octanol–water partition coefficient (Wildman–Crippen LogP) is 2.51. The van der Waals surface area contributed by atoms with Gasteiger partial charge in [-0.2, -0.15) is 0 Å². The molecule has 0 aromatic heterocycles. The predicted molar refractivity (Wildman–Crippen MR) is 108 cm³/mol. The van der Waals surface area contributed by atoms with Gasteiger partial charge in [0.05, 0.1) is 4.90 Å². The normalized spacial score (nSPS) is 14.0. The molecular formula is C21H26N2O4S. The van der Waals surface area contributed by atoms with Crippen molar-refractivity contribution in [2.45, 2.75) is 49.5 Å². The maximum atomic E-state index is 12.1. The van der Waals surface area contributed by atoms with Gasteiger partial charge in [-0.3, -0.25) is 4.79 Å². The average molecular weight is 403 g/mol. The molecule has 1 fully saturated rings. The third-order valence-electron chi connectivity index (χ3n) is 4.67. The lowest BCUT2D eigenvalue weighted by molar-refractivity contribution is -0.121. The Morgan fingerprint density at radius 3 is 2.21 bits per heavy atom.